The van der Waals surface area contributed by atoms with E-state index in [1.54, 1.807) is 0 Å². The number of nitriles is 1. The molecule has 0 radical (unpaired) electrons. The van der Waals surface area contributed by atoms with Crippen molar-refractivity contribution in [2.75, 3.05) is 17.7 Å². The van der Waals surface area contributed by atoms with Crippen LogP contribution in [0.3, 0.4) is 0 Å². The molecular formula is C12H13ClN2S. The molecule has 0 aliphatic carbocycles. The lowest BCUT2D eigenvalue weighted by molar-refractivity contribution is 0.636. The molecule has 0 aromatic heterocycles. The zero-order valence-electron chi connectivity index (χ0n) is 9.11. The molecule has 0 spiro atoms. The second-order valence-electron chi connectivity index (χ2n) is 3.86. The zero-order valence-corrected chi connectivity index (χ0v) is 10.7. The Labute approximate surface area is 105 Å². The Balaban J connectivity index is 2.24. The van der Waals surface area contributed by atoms with E-state index in [0.29, 0.717) is 12.5 Å². The molecule has 0 amide bonds. The third kappa shape index (κ3) is 2.14. The number of fused-ring (bicyclic) bond motifs is 1. The van der Waals surface area contributed by atoms with E-state index in [-0.39, 0.29) is 0 Å². The molecule has 1 heterocycles. The number of halogens is 1. The minimum absolute atomic E-state index is 0.414. The normalized spacial score (nSPS) is 19.1. The largest absolute Gasteiger partial charge is 0.369 e. The van der Waals surface area contributed by atoms with Crippen LogP contribution in [-0.4, -0.2) is 18.8 Å². The third-order valence-corrected chi connectivity index (χ3v) is 4.37. The maximum absolute atomic E-state index is 8.63. The van der Waals surface area contributed by atoms with E-state index in [1.165, 1.54) is 4.90 Å². The maximum atomic E-state index is 8.63. The Morgan fingerprint density at radius 3 is 3.19 bits per heavy atom. The number of hydrogen-bond donors (Lipinski definition) is 0. The Morgan fingerprint density at radius 2 is 2.44 bits per heavy atom. The van der Waals surface area contributed by atoms with Crippen LogP contribution >= 0.6 is 23.4 Å². The van der Waals surface area contributed by atoms with Crippen molar-refractivity contribution in [1.82, 2.24) is 0 Å². The maximum Gasteiger partial charge on any atom is 0.0693 e. The Morgan fingerprint density at radius 1 is 1.62 bits per heavy atom. The number of para-hydroxylation sites is 1. The summed E-state index contributed by atoms with van der Waals surface area (Å²) < 4.78 is 0. The summed E-state index contributed by atoms with van der Waals surface area (Å²) >= 11 is 8.05. The molecule has 4 heteroatoms. The number of hydrogen-bond acceptors (Lipinski definition) is 3. The summed E-state index contributed by atoms with van der Waals surface area (Å²) in [4.78, 5) is 3.45. The van der Waals surface area contributed by atoms with Gasteiger partial charge in [0.15, 0.2) is 0 Å². The molecule has 0 saturated heterocycles. The average molecular weight is 253 g/mol. The monoisotopic (exact) mass is 252 g/mol. The second-order valence-corrected chi connectivity index (χ2v) is 5.33. The zero-order chi connectivity index (χ0) is 11.5. The van der Waals surface area contributed by atoms with Gasteiger partial charge in [-0.3, -0.25) is 0 Å². The highest BCUT2D eigenvalue weighted by molar-refractivity contribution is 7.99. The van der Waals surface area contributed by atoms with Gasteiger partial charge in [0.1, 0.15) is 0 Å². The first kappa shape index (κ1) is 11.6. The van der Waals surface area contributed by atoms with Gasteiger partial charge in [-0.25, -0.2) is 0 Å². The highest BCUT2D eigenvalue weighted by Gasteiger charge is 2.25. The highest BCUT2D eigenvalue weighted by Crippen LogP contribution is 2.41. The van der Waals surface area contributed by atoms with Crippen molar-refractivity contribution >= 4 is 29.1 Å². The van der Waals surface area contributed by atoms with Crippen molar-refractivity contribution in [1.29, 1.82) is 5.26 Å². The van der Waals surface area contributed by atoms with Crippen molar-refractivity contribution in [2.45, 2.75) is 23.8 Å². The summed E-state index contributed by atoms with van der Waals surface area (Å²) in [5, 5.41) is 9.43. The predicted molar refractivity (Wildman–Crippen MR) is 69.2 cm³/mol. The van der Waals surface area contributed by atoms with E-state index in [1.807, 2.05) is 23.9 Å². The van der Waals surface area contributed by atoms with E-state index in [9.17, 15) is 0 Å². The molecule has 1 aliphatic heterocycles. The minimum atomic E-state index is 0.414. The van der Waals surface area contributed by atoms with E-state index in [0.717, 1.165) is 22.9 Å². The molecule has 1 aliphatic rings. The van der Waals surface area contributed by atoms with Crippen LogP contribution in [0.25, 0.3) is 0 Å². The molecule has 1 unspecified atom stereocenters. The van der Waals surface area contributed by atoms with E-state index in [2.05, 4.69) is 24.1 Å². The second kappa shape index (κ2) is 4.99. The molecular weight excluding hydrogens is 240 g/mol. The lowest BCUT2D eigenvalue weighted by atomic mass is 10.1. The lowest BCUT2D eigenvalue weighted by Crippen LogP contribution is -2.36. The van der Waals surface area contributed by atoms with Crippen LogP contribution in [0, 0.1) is 11.3 Å². The fourth-order valence-electron chi connectivity index (χ4n) is 1.94. The molecule has 16 heavy (non-hydrogen) atoms. The van der Waals surface area contributed by atoms with Gasteiger partial charge in [0.2, 0.25) is 0 Å². The molecule has 0 fully saturated rings. The van der Waals surface area contributed by atoms with Gasteiger partial charge >= 0.3 is 0 Å². The molecule has 0 N–H and O–H groups in total. The fraction of sp³-hybridized carbons (Fsp3) is 0.417. The quantitative estimate of drug-likeness (QED) is 0.805. The van der Waals surface area contributed by atoms with Gasteiger partial charge in [0.25, 0.3) is 0 Å². The Kier molecular flexibility index (Phi) is 3.63. The van der Waals surface area contributed by atoms with Crippen LogP contribution in [0.5, 0.6) is 0 Å². The summed E-state index contributed by atoms with van der Waals surface area (Å²) in [7, 11) is 2.06. The van der Waals surface area contributed by atoms with E-state index in [4.69, 9.17) is 16.9 Å². The topological polar surface area (TPSA) is 27.0 Å². The van der Waals surface area contributed by atoms with Gasteiger partial charge in [0.05, 0.1) is 16.8 Å². The lowest BCUT2D eigenvalue weighted by Gasteiger charge is -2.35. The predicted octanol–water partition coefficient (Wildman–Crippen LogP) is 3.55. The summed E-state index contributed by atoms with van der Waals surface area (Å²) in [5.41, 5.74) is 1.11. The average Bonchev–Trinajstić information content (AvgIpc) is 2.28. The van der Waals surface area contributed by atoms with Gasteiger partial charge in [0, 0.05) is 30.2 Å². The van der Waals surface area contributed by atoms with Gasteiger partial charge in [-0.15, -0.1) is 11.8 Å². The summed E-state index contributed by atoms with van der Waals surface area (Å²) in [6.07, 6.45) is 1.51. The number of nitrogens with zero attached hydrogens (tertiary/aromatic N) is 2. The van der Waals surface area contributed by atoms with Gasteiger partial charge < -0.3 is 4.90 Å². The Hall–Kier alpha value is -0.850. The first-order chi connectivity index (χ1) is 7.74. The van der Waals surface area contributed by atoms with E-state index < -0.39 is 0 Å². The fourth-order valence-corrected chi connectivity index (χ4v) is 3.63. The number of anilines is 1. The molecule has 1 aromatic carbocycles. The molecule has 2 nitrogen and oxygen atoms in total. The van der Waals surface area contributed by atoms with Crippen LogP contribution in [0.2, 0.25) is 5.02 Å². The molecule has 1 aromatic rings. The smallest absolute Gasteiger partial charge is 0.0693 e. The number of benzene rings is 1. The van der Waals surface area contributed by atoms with E-state index >= 15 is 0 Å². The van der Waals surface area contributed by atoms with Crippen LogP contribution < -0.4 is 4.90 Å². The SMILES string of the molecule is CN1c2c(Cl)cccc2SCC1CCC#N. The van der Waals surface area contributed by atoms with Crippen molar-refractivity contribution in [3.05, 3.63) is 23.2 Å². The summed E-state index contributed by atoms with van der Waals surface area (Å²) in [5.74, 6) is 1.03. The summed E-state index contributed by atoms with van der Waals surface area (Å²) in [6, 6.07) is 8.62. The van der Waals surface area contributed by atoms with Crippen LogP contribution in [0.15, 0.2) is 23.1 Å². The third-order valence-electron chi connectivity index (χ3n) is 2.87. The van der Waals surface area contributed by atoms with Crippen LogP contribution in [-0.2, 0) is 0 Å². The van der Waals surface area contributed by atoms with Crippen molar-refractivity contribution in [2.24, 2.45) is 0 Å². The molecule has 1 atom stereocenters. The standard InChI is InChI=1S/C12H13ClN2S/c1-15-9(4-3-7-14)8-16-11-6-2-5-10(13)12(11)15/h2,5-6,9H,3-4,8H2,1H3. The van der Waals surface area contributed by atoms with Crippen LogP contribution in [0.4, 0.5) is 5.69 Å². The molecule has 0 bridgehead atoms. The summed E-state index contributed by atoms with van der Waals surface area (Å²) in [6.45, 7) is 0. The number of thioether (sulfide) groups is 1. The van der Waals surface area contributed by atoms with Gasteiger partial charge in [-0.2, -0.15) is 5.26 Å². The van der Waals surface area contributed by atoms with Crippen molar-refractivity contribution in [3.63, 3.8) is 0 Å². The molecule has 2 rings (SSSR count). The van der Waals surface area contributed by atoms with Gasteiger partial charge in [-0.1, -0.05) is 17.7 Å². The van der Waals surface area contributed by atoms with Crippen molar-refractivity contribution < 1.29 is 0 Å². The molecule has 84 valence electrons. The highest BCUT2D eigenvalue weighted by atomic mass is 35.5. The Bertz CT molecular complexity index is 428. The first-order valence-electron chi connectivity index (χ1n) is 5.25. The van der Waals surface area contributed by atoms with Crippen molar-refractivity contribution in [3.8, 4) is 6.07 Å². The molecule has 0 saturated carbocycles. The number of rotatable bonds is 2. The van der Waals surface area contributed by atoms with Crippen LogP contribution in [0.1, 0.15) is 12.8 Å². The van der Waals surface area contributed by atoms with Gasteiger partial charge in [-0.05, 0) is 18.6 Å². The first-order valence-corrected chi connectivity index (χ1v) is 6.61. The minimum Gasteiger partial charge on any atom is -0.369 e.